The molecular weight excluding hydrogens is 321 g/mol. The minimum absolute atomic E-state index is 0.0446. The van der Waals surface area contributed by atoms with Crippen molar-refractivity contribution >= 4 is 11.8 Å². The number of halogens is 1. The van der Waals surface area contributed by atoms with E-state index in [1.165, 1.54) is 6.07 Å². The van der Waals surface area contributed by atoms with E-state index >= 15 is 0 Å². The molecule has 0 aliphatic carbocycles. The van der Waals surface area contributed by atoms with Crippen LogP contribution in [-0.2, 0) is 16.0 Å². The van der Waals surface area contributed by atoms with E-state index in [1.807, 2.05) is 30.8 Å². The van der Waals surface area contributed by atoms with Gasteiger partial charge in [-0.05, 0) is 50.7 Å². The first kappa shape index (κ1) is 17.9. The first-order valence-electron chi connectivity index (χ1n) is 8.88. The summed E-state index contributed by atoms with van der Waals surface area (Å²) < 4.78 is 13.4. The van der Waals surface area contributed by atoms with E-state index in [0.29, 0.717) is 32.5 Å². The predicted octanol–water partition coefficient (Wildman–Crippen LogP) is 1.68. The van der Waals surface area contributed by atoms with Gasteiger partial charge in [0.15, 0.2) is 0 Å². The van der Waals surface area contributed by atoms with Crippen molar-refractivity contribution in [1.29, 1.82) is 0 Å². The molecule has 0 saturated carbocycles. The maximum Gasteiger partial charge on any atom is 0.228 e. The Labute approximate surface area is 148 Å². The van der Waals surface area contributed by atoms with Crippen LogP contribution in [0.2, 0.25) is 0 Å². The summed E-state index contributed by atoms with van der Waals surface area (Å²) in [5, 5.41) is 0. The Bertz CT molecular complexity index is 677. The number of likely N-dealkylation sites (N-methyl/N-ethyl adjacent to an activating group) is 1. The molecule has 1 fully saturated rings. The van der Waals surface area contributed by atoms with Crippen molar-refractivity contribution in [2.45, 2.75) is 25.8 Å². The molecule has 0 unspecified atom stereocenters. The van der Waals surface area contributed by atoms with Gasteiger partial charge in [-0.25, -0.2) is 4.39 Å². The summed E-state index contributed by atoms with van der Waals surface area (Å²) >= 11 is 0. The third-order valence-electron chi connectivity index (χ3n) is 5.31. The number of hydrogen-bond acceptors (Lipinski definition) is 3. The Hall–Kier alpha value is -1.95. The molecule has 2 amide bonds. The smallest absolute Gasteiger partial charge is 0.228 e. The van der Waals surface area contributed by atoms with Crippen LogP contribution in [0.15, 0.2) is 18.2 Å². The van der Waals surface area contributed by atoms with Gasteiger partial charge < -0.3 is 14.7 Å². The van der Waals surface area contributed by atoms with Gasteiger partial charge in [0.05, 0.1) is 12.0 Å². The summed E-state index contributed by atoms with van der Waals surface area (Å²) in [6.45, 7) is 4.53. The van der Waals surface area contributed by atoms with E-state index in [0.717, 1.165) is 17.7 Å². The molecule has 2 aliphatic rings. The topological polar surface area (TPSA) is 43.9 Å². The van der Waals surface area contributed by atoms with Gasteiger partial charge in [-0.2, -0.15) is 0 Å². The summed E-state index contributed by atoms with van der Waals surface area (Å²) in [6.07, 6.45) is 0.958. The average Bonchev–Trinajstić information content (AvgIpc) is 2.93. The van der Waals surface area contributed by atoms with E-state index < -0.39 is 0 Å². The van der Waals surface area contributed by atoms with Gasteiger partial charge in [0.25, 0.3) is 0 Å². The molecule has 5 nitrogen and oxygen atoms in total. The molecule has 136 valence electrons. The summed E-state index contributed by atoms with van der Waals surface area (Å²) in [5.74, 6) is -0.390. The number of benzene rings is 1. The van der Waals surface area contributed by atoms with Crippen LogP contribution < -0.4 is 0 Å². The number of amides is 2. The number of carbonyl (C=O) groups is 2. The molecule has 2 atom stereocenters. The first-order valence-corrected chi connectivity index (χ1v) is 8.88. The fraction of sp³-hybridized carbons (Fsp3) is 0.579. The molecule has 1 aromatic carbocycles. The third kappa shape index (κ3) is 3.68. The molecule has 6 heteroatoms. The fourth-order valence-corrected chi connectivity index (χ4v) is 3.81. The van der Waals surface area contributed by atoms with Gasteiger partial charge in [0.1, 0.15) is 5.82 Å². The molecule has 2 aliphatic heterocycles. The molecule has 3 rings (SSSR count). The Morgan fingerprint density at radius 3 is 2.84 bits per heavy atom. The van der Waals surface area contributed by atoms with E-state index in [1.54, 1.807) is 17.0 Å². The van der Waals surface area contributed by atoms with Crippen LogP contribution in [0.1, 0.15) is 30.5 Å². The molecule has 0 aromatic heterocycles. The van der Waals surface area contributed by atoms with Gasteiger partial charge in [-0.15, -0.1) is 0 Å². The minimum Gasteiger partial charge on any atom is -0.341 e. The number of hydrogen-bond donors (Lipinski definition) is 0. The van der Waals surface area contributed by atoms with Crippen LogP contribution in [0, 0.1) is 11.7 Å². The van der Waals surface area contributed by atoms with E-state index in [9.17, 15) is 14.0 Å². The number of carbonyl (C=O) groups excluding carboxylic acids is 2. The lowest BCUT2D eigenvalue weighted by molar-refractivity contribution is -0.138. The van der Waals surface area contributed by atoms with E-state index in [-0.39, 0.29) is 29.6 Å². The molecule has 25 heavy (non-hydrogen) atoms. The highest BCUT2D eigenvalue weighted by Gasteiger charge is 2.38. The summed E-state index contributed by atoms with van der Waals surface area (Å²) in [7, 11) is 3.94. The third-order valence-corrected chi connectivity index (χ3v) is 5.31. The molecule has 1 saturated heterocycles. The minimum atomic E-state index is -0.265. The van der Waals surface area contributed by atoms with Crippen LogP contribution in [0.5, 0.6) is 0 Å². The van der Waals surface area contributed by atoms with Gasteiger partial charge >= 0.3 is 0 Å². The van der Waals surface area contributed by atoms with Gasteiger partial charge in [-0.3, -0.25) is 9.59 Å². The zero-order valence-corrected chi connectivity index (χ0v) is 15.2. The summed E-state index contributed by atoms with van der Waals surface area (Å²) in [6, 6.07) is 4.71. The highest BCUT2D eigenvalue weighted by molar-refractivity contribution is 5.89. The largest absolute Gasteiger partial charge is 0.341 e. The summed E-state index contributed by atoms with van der Waals surface area (Å²) in [5.41, 5.74) is 1.99. The van der Waals surface area contributed by atoms with Crippen molar-refractivity contribution in [1.82, 2.24) is 14.7 Å². The van der Waals surface area contributed by atoms with Crippen molar-refractivity contribution < 1.29 is 14.0 Å². The van der Waals surface area contributed by atoms with Gasteiger partial charge in [0, 0.05) is 32.6 Å². The molecule has 1 aromatic rings. The SMILES string of the molecule is C[C@H]1c2ccc(F)cc2CCN1C(=O)[C@H]1CC(=O)N(CCN(C)C)C1. The highest BCUT2D eigenvalue weighted by Crippen LogP contribution is 2.32. The Kier molecular flexibility index (Phi) is 5.08. The number of likely N-dealkylation sites (tertiary alicyclic amines) is 1. The summed E-state index contributed by atoms with van der Waals surface area (Å²) in [4.78, 5) is 30.9. The Morgan fingerprint density at radius 2 is 2.12 bits per heavy atom. The molecule has 0 radical (unpaired) electrons. The van der Waals surface area contributed by atoms with Crippen molar-refractivity contribution in [3.05, 3.63) is 35.1 Å². The lowest BCUT2D eigenvalue weighted by Crippen LogP contribution is -2.43. The van der Waals surface area contributed by atoms with E-state index in [4.69, 9.17) is 0 Å². The van der Waals surface area contributed by atoms with Crippen LogP contribution in [0.3, 0.4) is 0 Å². The predicted molar refractivity (Wildman–Crippen MR) is 93.5 cm³/mol. The lowest BCUT2D eigenvalue weighted by atomic mass is 9.92. The van der Waals surface area contributed by atoms with Crippen molar-refractivity contribution in [3.8, 4) is 0 Å². The second kappa shape index (κ2) is 7.12. The lowest BCUT2D eigenvalue weighted by Gasteiger charge is -2.36. The Morgan fingerprint density at radius 1 is 1.36 bits per heavy atom. The molecule has 0 bridgehead atoms. The van der Waals surface area contributed by atoms with Crippen molar-refractivity contribution in [3.63, 3.8) is 0 Å². The second-order valence-electron chi connectivity index (χ2n) is 7.34. The van der Waals surface area contributed by atoms with Crippen LogP contribution in [-0.4, -0.2) is 66.8 Å². The van der Waals surface area contributed by atoms with Crippen LogP contribution in [0.4, 0.5) is 4.39 Å². The number of fused-ring (bicyclic) bond motifs is 1. The zero-order chi connectivity index (χ0) is 18.1. The van der Waals surface area contributed by atoms with Crippen LogP contribution >= 0.6 is 0 Å². The highest BCUT2D eigenvalue weighted by atomic mass is 19.1. The second-order valence-corrected chi connectivity index (χ2v) is 7.34. The van der Waals surface area contributed by atoms with Crippen molar-refractivity contribution in [2.75, 3.05) is 40.3 Å². The molecule has 0 spiro atoms. The fourth-order valence-electron chi connectivity index (χ4n) is 3.81. The maximum absolute atomic E-state index is 13.4. The molecular formula is C19H26FN3O2. The van der Waals surface area contributed by atoms with Gasteiger partial charge in [0.2, 0.25) is 11.8 Å². The maximum atomic E-state index is 13.4. The standard InChI is InChI=1S/C19H26FN3O2/c1-13-17-5-4-16(20)10-14(17)6-7-23(13)19(25)15-11-18(24)22(12-15)9-8-21(2)3/h4-5,10,13,15H,6-9,11-12H2,1-3H3/t13-,15-/m0/s1. The van der Waals surface area contributed by atoms with Gasteiger partial charge in [-0.1, -0.05) is 6.07 Å². The van der Waals surface area contributed by atoms with E-state index in [2.05, 4.69) is 0 Å². The van der Waals surface area contributed by atoms with Crippen molar-refractivity contribution in [2.24, 2.45) is 5.92 Å². The number of rotatable bonds is 4. The molecule has 2 heterocycles. The normalized spacial score (nSPS) is 23.3. The van der Waals surface area contributed by atoms with Crippen LogP contribution in [0.25, 0.3) is 0 Å². The first-order chi connectivity index (χ1) is 11.9. The zero-order valence-electron chi connectivity index (χ0n) is 15.2. The molecule has 0 N–H and O–H groups in total. The number of nitrogens with zero attached hydrogens (tertiary/aromatic N) is 3. The average molecular weight is 347 g/mol. The Balaban J connectivity index is 1.68. The quantitative estimate of drug-likeness (QED) is 0.832. The monoisotopic (exact) mass is 347 g/mol.